The highest BCUT2D eigenvalue weighted by molar-refractivity contribution is 5.93. The molecule has 0 saturated carbocycles. The summed E-state index contributed by atoms with van der Waals surface area (Å²) in [6.07, 6.45) is 4.01. The lowest BCUT2D eigenvalue weighted by Crippen LogP contribution is -2.39. The van der Waals surface area contributed by atoms with Crippen LogP contribution in [0.5, 0.6) is 0 Å². The number of aryl methyl sites for hydroxylation is 1. The summed E-state index contributed by atoms with van der Waals surface area (Å²) < 4.78 is 5.16. The van der Waals surface area contributed by atoms with Crippen molar-refractivity contribution >= 4 is 5.91 Å². The number of H-pyrrole nitrogens is 1. The van der Waals surface area contributed by atoms with Gasteiger partial charge >= 0.3 is 0 Å². The van der Waals surface area contributed by atoms with Crippen LogP contribution in [0.3, 0.4) is 0 Å². The predicted molar refractivity (Wildman–Crippen MR) is 78.6 cm³/mol. The van der Waals surface area contributed by atoms with Gasteiger partial charge in [-0.05, 0) is 18.9 Å². The average molecular weight is 302 g/mol. The van der Waals surface area contributed by atoms with Gasteiger partial charge in [0.1, 0.15) is 0 Å². The van der Waals surface area contributed by atoms with Crippen LogP contribution in [0.1, 0.15) is 47.8 Å². The van der Waals surface area contributed by atoms with E-state index in [2.05, 4.69) is 15.1 Å². The Morgan fingerprint density at radius 2 is 2.36 bits per heavy atom. The summed E-state index contributed by atoms with van der Waals surface area (Å²) in [7, 11) is 0. The van der Waals surface area contributed by atoms with E-state index < -0.39 is 0 Å². The zero-order valence-electron chi connectivity index (χ0n) is 12.4. The molecule has 116 valence electrons. The Balaban J connectivity index is 1.73. The third kappa shape index (κ3) is 2.93. The topological polar surface area (TPSA) is 92.1 Å². The molecular weight excluding hydrogens is 284 g/mol. The van der Waals surface area contributed by atoms with Crippen LogP contribution in [0.15, 0.2) is 27.6 Å². The van der Waals surface area contributed by atoms with Crippen LogP contribution in [0.2, 0.25) is 0 Å². The first kappa shape index (κ1) is 14.5. The lowest BCUT2D eigenvalue weighted by Gasteiger charge is -2.31. The molecule has 3 rings (SSSR count). The minimum Gasteiger partial charge on any atom is -0.339 e. The maximum atomic E-state index is 12.5. The van der Waals surface area contributed by atoms with Crippen molar-refractivity contribution in [3.8, 4) is 0 Å². The Hall–Kier alpha value is -2.44. The summed E-state index contributed by atoms with van der Waals surface area (Å²) in [6, 6.07) is 2.91. The van der Waals surface area contributed by atoms with E-state index >= 15 is 0 Å². The molecule has 2 aromatic heterocycles. The van der Waals surface area contributed by atoms with E-state index in [1.165, 1.54) is 12.3 Å². The van der Waals surface area contributed by atoms with Crippen molar-refractivity contribution < 1.29 is 9.32 Å². The van der Waals surface area contributed by atoms with E-state index in [1.807, 2.05) is 6.92 Å². The number of aromatic amines is 1. The average Bonchev–Trinajstić information content (AvgIpc) is 3.04. The van der Waals surface area contributed by atoms with Gasteiger partial charge in [-0.2, -0.15) is 4.98 Å². The summed E-state index contributed by atoms with van der Waals surface area (Å²) in [5.74, 6) is 1.32. The highest BCUT2D eigenvalue weighted by Crippen LogP contribution is 2.25. The summed E-state index contributed by atoms with van der Waals surface area (Å²) in [6.45, 7) is 3.23. The minimum atomic E-state index is -0.216. The Kier molecular flexibility index (Phi) is 4.04. The Labute approximate surface area is 127 Å². The number of hydrogen-bond donors (Lipinski definition) is 1. The number of hydrogen-bond acceptors (Lipinski definition) is 5. The monoisotopic (exact) mass is 302 g/mol. The van der Waals surface area contributed by atoms with Gasteiger partial charge in [0.25, 0.3) is 5.91 Å². The van der Waals surface area contributed by atoms with Crippen molar-refractivity contribution in [2.45, 2.75) is 32.1 Å². The fourth-order valence-electron chi connectivity index (χ4n) is 2.68. The number of amides is 1. The Bertz CT molecular complexity index is 701. The van der Waals surface area contributed by atoms with Crippen LogP contribution >= 0.6 is 0 Å². The normalized spacial score (nSPS) is 18.4. The maximum absolute atomic E-state index is 12.5. The molecule has 0 spiro atoms. The number of aromatic nitrogens is 3. The van der Waals surface area contributed by atoms with Gasteiger partial charge in [-0.15, -0.1) is 0 Å². The summed E-state index contributed by atoms with van der Waals surface area (Å²) >= 11 is 0. The first-order chi connectivity index (χ1) is 10.7. The standard InChI is InChI=1S/C15H18N4O3/c1-2-13-17-14(18-22-13)11-4-3-7-19(9-11)15(21)10-5-6-12(20)16-8-10/h5-6,8,11H,2-4,7,9H2,1H3,(H,16,20)/t11-/m0/s1. The number of carbonyl (C=O) groups excluding carboxylic acids is 1. The van der Waals surface area contributed by atoms with Crippen molar-refractivity contribution in [1.29, 1.82) is 0 Å². The molecule has 1 N–H and O–H groups in total. The van der Waals surface area contributed by atoms with E-state index in [-0.39, 0.29) is 17.4 Å². The van der Waals surface area contributed by atoms with Crippen molar-refractivity contribution in [2.75, 3.05) is 13.1 Å². The number of rotatable bonds is 3. The molecule has 1 aliphatic heterocycles. The number of piperidine rings is 1. The fraction of sp³-hybridized carbons (Fsp3) is 0.467. The highest BCUT2D eigenvalue weighted by Gasteiger charge is 2.28. The molecule has 1 fully saturated rings. The molecule has 1 aliphatic rings. The third-order valence-corrected chi connectivity index (χ3v) is 3.89. The highest BCUT2D eigenvalue weighted by atomic mass is 16.5. The first-order valence-electron chi connectivity index (χ1n) is 7.48. The van der Waals surface area contributed by atoms with Gasteiger partial charge in [0.15, 0.2) is 5.82 Å². The van der Waals surface area contributed by atoms with Crippen LogP contribution in [0, 0.1) is 0 Å². The molecule has 3 heterocycles. The van der Waals surface area contributed by atoms with Crippen LogP contribution in [0.4, 0.5) is 0 Å². The van der Waals surface area contributed by atoms with E-state index in [0.717, 1.165) is 12.8 Å². The van der Waals surface area contributed by atoms with E-state index in [0.29, 0.717) is 36.8 Å². The molecule has 0 aromatic carbocycles. The molecule has 2 aromatic rings. The Morgan fingerprint density at radius 1 is 1.50 bits per heavy atom. The van der Waals surface area contributed by atoms with Crippen molar-refractivity contribution in [3.63, 3.8) is 0 Å². The van der Waals surface area contributed by atoms with Crippen molar-refractivity contribution in [3.05, 3.63) is 46.0 Å². The zero-order chi connectivity index (χ0) is 15.5. The number of pyridine rings is 1. The van der Waals surface area contributed by atoms with Crippen molar-refractivity contribution in [2.24, 2.45) is 0 Å². The molecule has 0 bridgehead atoms. The van der Waals surface area contributed by atoms with Gasteiger partial charge in [0.2, 0.25) is 11.4 Å². The van der Waals surface area contributed by atoms with Crippen LogP contribution in [0.25, 0.3) is 0 Å². The Morgan fingerprint density at radius 3 is 3.05 bits per heavy atom. The van der Waals surface area contributed by atoms with Gasteiger partial charge in [0, 0.05) is 37.7 Å². The molecule has 0 radical (unpaired) electrons. The van der Waals surface area contributed by atoms with Gasteiger partial charge in [-0.25, -0.2) is 0 Å². The molecular formula is C15H18N4O3. The molecule has 0 unspecified atom stereocenters. The van der Waals surface area contributed by atoms with E-state index in [4.69, 9.17) is 4.52 Å². The molecule has 1 saturated heterocycles. The van der Waals surface area contributed by atoms with Gasteiger partial charge in [0.05, 0.1) is 5.56 Å². The molecule has 1 atom stereocenters. The van der Waals surface area contributed by atoms with Crippen LogP contribution in [-0.2, 0) is 6.42 Å². The second kappa shape index (κ2) is 6.13. The quantitative estimate of drug-likeness (QED) is 0.923. The van der Waals surface area contributed by atoms with Gasteiger partial charge in [-0.3, -0.25) is 9.59 Å². The predicted octanol–water partition coefficient (Wildman–Crippen LogP) is 1.34. The second-order valence-electron chi connectivity index (χ2n) is 5.43. The first-order valence-corrected chi connectivity index (χ1v) is 7.48. The summed E-state index contributed by atoms with van der Waals surface area (Å²) in [5, 5.41) is 4.02. The molecule has 7 heteroatoms. The fourth-order valence-corrected chi connectivity index (χ4v) is 2.68. The number of likely N-dealkylation sites (tertiary alicyclic amines) is 1. The number of nitrogens with one attached hydrogen (secondary N) is 1. The molecule has 0 aliphatic carbocycles. The summed E-state index contributed by atoms with van der Waals surface area (Å²) in [4.78, 5) is 32.2. The number of carbonyl (C=O) groups is 1. The van der Waals surface area contributed by atoms with E-state index in [1.54, 1.807) is 11.0 Å². The van der Waals surface area contributed by atoms with Crippen molar-refractivity contribution in [1.82, 2.24) is 20.0 Å². The molecule has 22 heavy (non-hydrogen) atoms. The molecule has 7 nitrogen and oxygen atoms in total. The number of nitrogens with zero attached hydrogens (tertiary/aromatic N) is 3. The molecule has 1 amide bonds. The zero-order valence-corrected chi connectivity index (χ0v) is 12.4. The SMILES string of the molecule is CCc1nc([C@H]2CCCN(C(=O)c3ccc(=O)[nH]c3)C2)no1. The minimum absolute atomic E-state index is 0.0832. The largest absolute Gasteiger partial charge is 0.339 e. The lowest BCUT2D eigenvalue weighted by molar-refractivity contribution is 0.0703. The maximum Gasteiger partial charge on any atom is 0.255 e. The smallest absolute Gasteiger partial charge is 0.255 e. The second-order valence-corrected chi connectivity index (χ2v) is 5.43. The van der Waals surface area contributed by atoms with Gasteiger partial charge < -0.3 is 14.4 Å². The van der Waals surface area contributed by atoms with Gasteiger partial charge in [-0.1, -0.05) is 12.1 Å². The lowest BCUT2D eigenvalue weighted by atomic mass is 9.97. The summed E-state index contributed by atoms with van der Waals surface area (Å²) in [5.41, 5.74) is 0.273. The van der Waals surface area contributed by atoms with E-state index in [9.17, 15) is 9.59 Å². The van der Waals surface area contributed by atoms with Crippen LogP contribution < -0.4 is 5.56 Å². The third-order valence-electron chi connectivity index (χ3n) is 3.89. The van der Waals surface area contributed by atoms with Crippen LogP contribution in [-0.4, -0.2) is 39.0 Å².